The molecule has 2 unspecified atom stereocenters. The Hall–Kier alpha value is -2.32. The van der Waals surface area contributed by atoms with E-state index in [0.29, 0.717) is 40.6 Å². The highest BCUT2D eigenvalue weighted by Crippen LogP contribution is 2.30. The van der Waals surface area contributed by atoms with Gasteiger partial charge in [0.15, 0.2) is 0 Å². The van der Waals surface area contributed by atoms with E-state index in [1.807, 2.05) is 6.07 Å². The van der Waals surface area contributed by atoms with E-state index >= 15 is 0 Å². The second kappa shape index (κ2) is 10.5. The van der Waals surface area contributed by atoms with Crippen molar-refractivity contribution in [1.82, 2.24) is 20.3 Å². The maximum atomic E-state index is 6.18. The van der Waals surface area contributed by atoms with Gasteiger partial charge in [0.25, 0.3) is 0 Å². The van der Waals surface area contributed by atoms with Gasteiger partial charge >= 0.3 is 0 Å². The number of rotatable bonds is 8. The first-order valence-corrected chi connectivity index (χ1v) is 12.2. The molecule has 2 aromatic rings. The normalized spacial score (nSPS) is 20.2. The fourth-order valence-electron chi connectivity index (χ4n) is 5.07. The number of hydrogen-bond acceptors (Lipinski definition) is 8. The Morgan fingerprint density at radius 3 is 2.62 bits per heavy atom. The number of hydrogen-bond donors (Lipinski definition) is 4. The van der Waals surface area contributed by atoms with Crippen molar-refractivity contribution in [1.29, 1.82) is 0 Å². The maximum absolute atomic E-state index is 6.18. The van der Waals surface area contributed by atoms with Crippen LogP contribution in [0.2, 0.25) is 5.02 Å². The molecule has 2 atom stereocenters. The third-order valence-electron chi connectivity index (χ3n) is 6.72. The van der Waals surface area contributed by atoms with E-state index in [9.17, 15) is 0 Å². The fourth-order valence-corrected chi connectivity index (χ4v) is 5.25. The Labute approximate surface area is 195 Å². The third kappa shape index (κ3) is 5.53. The van der Waals surface area contributed by atoms with Crippen LogP contribution in [0.15, 0.2) is 18.2 Å². The number of halogens is 1. The summed E-state index contributed by atoms with van der Waals surface area (Å²) < 4.78 is 0. The minimum Gasteiger partial charge on any atom is -0.398 e. The van der Waals surface area contributed by atoms with Crippen molar-refractivity contribution in [2.75, 3.05) is 34.8 Å². The number of nitrogens with one attached hydrogen (secondary N) is 2. The van der Waals surface area contributed by atoms with Gasteiger partial charge in [0, 0.05) is 24.3 Å². The first-order valence-electron chi connectivity index (χ1n) is 11.9. The number of nitrogens with two attached hydrogens (primary N) is 2. The second-order valence-electron chi connectivity index (χ2n) is 9.01. The molecule has 32 heavy (non-hydrogen) atoms. The number of benzene rings is 1. The lowest BCUT2D eigenvalue weighted by molar-refractivity contribution is 0.332. The molecule has 1 aromatic carbocycles. The molecular weight excluding hydrogens is 424 g/mol. The van der Waals surface area contributed by atoms with Gasteiger partial charge in [0.05, 0.1) is 10.7 Å². The highest BCUT2D eigenvalue weighted by atomic mass is 35.5. The van der Waals surface area contributed by atoms with E-state index in [1.165, 1.54) is 44.9 Å². The molecular formula is C23H35ClN8. The average molecular weight is 459 g/mol. The van der Waals surface area contributed by atoms with Crippen LogP contribution < -0.4 is 27.0 Å². The van der Waals surface area contributed by atoms with Crippen molar-refractivity contribution in [2.45, 2.75) is 70.4 Å². The summed E-state index contributed by atoms with van der Waals surface area (Å²) >= 11 is 6.18. The minimum absolute atomic E-state index is 0.210. The Bertz CT molecular complexity index is 896. The van der Waals surface area contributed by atoms with Gasteiger partial charge in [-0.2, -0.15) is 15.0 Å². The SMILES string of the molecule is CCC(C1CCCN1)N(CC1CCCCC1)c1nc(N)nc(Nc2ccc(N)c(Cl)c2)n1. The van der Waals surface area contributed by atoms with Gasteiger partial charge in [0.1, 0.15) is 0 Å². The molecule has 1 saturated carbocycles. The molecule has 2 heterocycles. The Kier molecular flexibility index (Phi) is 7.52. The predicted molar refractivity (Wildman–Crippen MR) is 132 cm³/mol. The second-order valence-corrected chi connectivity index (χ2v) is 9.42. The van der Waals surface area contributed by atoms with Crippen molar-refractivity contribution in [3.63, 3.8) is 0 Å². The molecule has 0 spiro atoms. The lowest BCUT2D eigenvalue weighted by atomic mass is 9.88. The Morgan fingerprint density at radius 1 is 1.12 bits per heavy atom. The lowest BCUT2D eigenvalue weighted by Gasteiger charge is -2.38. The summed E-state index contributed by atoms with van der Waals surface area (Å²) in [6.45, 7) is 4.27. The monoisotopic (exact) mass is 458 g/mol. The summed E-state index contributed by atoms with van der Waals surface area (Å²) in [5, 5.41) is 7.38. The highest BCUT2D eigenvalue weighted by molar-refractivity contribution is 6.33. The standard InChI is InChI=1S/C23H35ClN8/c1-2-20(19-9-6-12-27-19)32(14-15-7-4-3-5-8-15)23-30-21(26)29-22(31-23)28-16-10-11-18(25)17(24)13-16/h10-11,13,15,19-20,27H,2-9,12,14,25H2,1H3,(H3,26,28,29,30,31). The molecule has 0 radical (unpaired) electrons. The summed E-state index contributed by atoms with van der Waals surface area (Å²) in [5.74, 6) is 1.93. The summed E-state index contributed by atoms with van der Waals surface area (Å²) in [5.41, 5.74) is 13.3. The van der Waals surface area contributed by atoms with Crippen molar-refractivity contribution >= 4 is 40.8 Å². The maximum Gasteiger partial charge on any atom is 0.233 e. The van der Waals surface area contributed by atoms with Crippen LogP contribution in [-0.4, -0.2) is 40.1 Å². The molecule has 2 fully saturated rings. The van der Waals surface area contributed by atoms with Crippen molar-refractivity contribution in [2.24, 2.45) is 5.92 Å². The number of anilines is 5. The van der Waals surface area contributed by atoms with E-state index in [2.05, 4.69) is 32.4 Å². The van der Waals surface area contributed by atoms with E-state index in [4.69, 9.17) is 28.1 Å². The van der Waals surface area contributed by atoms with Crippen molar-refractivity contribution in [3.8, 4) is 0 Å². The molecule has 0 bridgehead atoms. The van der Waals surface area contributed by atoms with Gasteiger partial charge in [-0.25, -0.2) is 0 Å². The van der Waals surface area contributed by atoms with Gasteiger partial charge in [-0.15, -0.1) is 0 Å². The van der Waals surface area contributed by atoms with Gasteiger partial charge in [-0.05, 0) is 62.8 Å². The average Bonchev–Trinajstić information content (AvgIpc) is 3.31. The van der Waals surface area contributed by atoms with Crippen LogP contribution in [0, 0.1) is 5.92 Å². The predicted octanol–water partition coefficient (Wildman–Crippen LogP) is 4.35. The zero-order chi connectivity index (χ0) is 22.5. The molecule has 9 heteroatoms. The molecule has 1 aliphatic heterocycles. The van der Waals surface area contributed by atoms with Gasteiger partial charge in [-0.3, -0.25) is 0 Å². The fraction of sp³-hybridized carbons (Fsp3) is 0.609. The lowest BCUT2D eigenvalue weighted by Crippen LogP contribution is -2.50. The van der Waals surface area contributed by atoms with Crippen LogP contribution in [0.25, 0.3) is 0 Å². The van der Waals surface area contributed by atoms with Crippen LogP contribution >= 0.6 is 11.6 Å². The zero-order valence-electron chi connectivity index (χ0n) is 18.9. The van der Waals surface area contributed by atoms with Gasteiger partial charge in [-0.1, -0.05) is 37.8 Å². The Balaban J connectivity index is 1.63. The van der Waals surface area contributed by atoms with Crippen LogP contribution in [0.4, 0.5) is 29.2 Å². The van der Waals surface area contributed by atoms with E-state index in [0.717, 1.165) is 25.2 Å². The number of nitrogen functional groups attached to an aromatic ring is 2. The molecule has 6 N–H and O–H groups in total. The quantitative estimate of drug-likeness (QED) is 0.431. The highest BCUT2D eigenvalue weighted by Gasteiger charge is 2.32. The summed E-state index contributed by atoms with van der Waals surface area (Å²) in [7, 11) is 0. The first-order chi connectivity index (χ1) is 15.5. The van der Waals surface area contributed by atoms with Crippen molar-refractivity contribution < 1.29 is 0 Å². The summed E-state index contributed by atoms with van der Waals surface area (Å²) in [4.78, 5) is 16.1. The largest absolute Gasteiger partial charge is 0.398 e. The van der Waals surface area contributed by atoms with Gasteiger partial charge in [0.2, 0.25) is 17.8 Å². The molecule has 0 amide bonds. The third-order valence-corrected chi connectivity index (χ3v) is 7.04. The molecule has 174 valence electrons. The molecule has 8 nitrogen and oxygen atoms in total. The molecule has 1 saturated heterocycles. The molecule has 1 aromatic heterocycles. The van der Waals surface area contributed by atoms with Crippen molar-refractivity contribution in [3.05, 3.63) is 23.2 Å². The topological polar surface area (TPSA) is 118 Å². The smallest absolute Gasteiger partial charge is 0.233 e. The van der Waals surface area contributed by atoms with E-state index in [-0.39, 0.29) is 5.95 Å². The number of nitrogens with zero attached hydrogens (tertiary/aromatic N) is 4. The summed E-state index contributed by atoms with van der Waals surface area (Å²) in [6, 6.07) is 6.12. The van der Waals surface area contributed by atoms with Crippen LogP contribution in [0.5, 0.6) is 0 Å². The minimum atomic E-state index is 0.210. The van der Waals surface area contributed by atoms with Crippen LogP contribution in [-0.2, 0) is 0 Å². The summed E-state index contributed by atoms with van der Waals surface area (Å²) in [6.07, 6.45) is 9.89. The molecule has 1 aliphatic carbocycles. The Morgan fingerprint density at radius 2 is 1.94 bits per heavy atom. The van der Waals surface area contributed by atoms with E-state index < -0.39 is 0 Å². The van der Waals surface area contributed by atoms with Gasteiger partial charge < -0.3 is 27.0 Å². The molecule has 4 rings (SSSR count). The van der Waals surface area contributed by atoms with Crippen LogP contribution in [0.1, 0.15) is 58.3 Å². The van der Waals surface area contributed by atoms with Crippen LogP contribution in [0.3, 0.4) is 0 Å². The zero-order valence-corrected chi connectivity index (χ0v) is 19.6. The first kappa shape index (κ1) is 22.9. The number of aromatic nitrogens is 3. The molecule has 2 aliphatic rings. The van der Waals surface area contributed by atoms with E-state index in [1.54, 1.807) is 12.1 Å².